The first-order valence-electron chi connectivity index (χ1n) is 7.83. The van der Waals surface area contributed by atoms with Crippen LogP contribution < -0.4 is 0 Å². The van der Waals surface area contributed by atoms with Crippen molar-refractivity contribution in [1.29, 1.82) is 0 Å². The quantitative estimate of drug-likeness (QED) is 0.483. The van der Waals surface area contributed by atoms with Crippen molar-refractivity contribution in [2.24, 2.45) is 16.5 Å². The van der Waals surface area contributed by atoms with Gasteiger partial charge in [-0.25, -0.2) is 4.79 Å². The van der Waals surface area contributed by atoms with Crippen molar-refractivity contribution < 1.29 is 9.63 Å². The molecule has 3 heteroatoms. The molecule has 0 bridgehead atoms. The molecule has 118 valence electrons. The van der Waals surface area contributed by atoms with Crippen LogP contribution in [0.1, 0.15) is 31.9 Å². The molecular formula is C20H21NO2. The largest absolute Gasteiger partial charge is 0.331 e. The zero-order valence-electron chi connectivity index (χ0n) is 13.7. The van der Waals surface area contributed by atoms with Gasteiger partial charge < -0.3 is 4.84 Å². The number of carbonyl (C=O) groups is 1. The fourth-order valence-corrected chi connectivity index (χ4v) is 3.94. The monoisotopic (exact) mass is 307 g/mol. The Bertz CT molecular complexity index is 680. The molecule has 0 N–H and O–H groups in total. The van der Waals surface area contributed by atoms with Crippen molar-refractivity contribution in [1.82, 2.24) is 0 Å². The molecule has 0 aromatic heterocycles. The Morgan fingerprint density at radius 3 is 1.91 bits per heavy atom. The first-order valence-corrected chi connectivity index (χ1v) is 7.83. The highest BCUT2D eigenvalue weighted by Crippen LogP contribution is 2.71. The predicted octanol–water partition coefficient (Wildman–Crippen LogP) is 4.18. The molecule has 0 unspecified atom stereocenters. The van der Waals surface area contributed by atoms with Gasteiger partial charge in [0.2, 0.25) is 0 Å². The number of carbonyl (C=O) groups excluding carboxylic acids is 1. The lowest BCUT2D eigenvalue weighted by atomic mass is 9.81. The minimum absolute atomic E-state index is 0.0145. The standard InChI is InChI=1S/C20H21NO2/c1-15(22)23-21-14-18-19(2,3)20(18,16-10-6-4-7-11-16)17-12-8-5-9-13-17/h4-14,18H,1-3H3/b21-14+/t18-/m0/s1. The van der Waals surface area contributed by atoms with Gasteiger partial charge in [-0.2, -0.15) is 0 Å². The second-order valence-electron chi connectivity index (χ2n) is 6.58. The van der Waals surface area contributed by atoms with Crippen LogP contribution in [0.2, 0.25) is 0 Å². The zero-order chi connectivity index (χ0) is 16.5. The Morgan fingerprint density at radius 2 is 1.48 bits per heavy atom. The van der Waals surface area contributed by atoms with Crippen LogP contribution in [-0.2, 0) is 15.0 Å². The van der Waals surface area contributed by atoms with Crippen molar-refractivity contribution in [3.05, 3.63) is 71.8 Å². The van der Waals surface area contributed by atoms with Gasteiger partial charge >= 0.3 is 5.97 Å². The Kier molecular flexibility index (Phi) is 3.80. The van der Waals surface area contributed by atoms with Crippen LogP contribution in [0.4, 0.5) is 0 Å². The fraction of sp³-hybridized carbons (Fsp3) is 0.300. The molecule has 2 aromatic carbocycles. The number of hydrogen-bond acceptors (Lipinski definition) is 3. The average Bonchev–Trinajstić information content (AvgIpc) is 3.05. The summed E-state index contributed by atoms with van der Waals surface area (Å²) >= 11 is 0. The lowest BCUT2D eigenvalue weighted by Gasteiger charge is -2.22. The molecule has 3 rings (SSSR count). The maximum absolute atomic E-state index is 11.0. The third-order valence-electron chi connectivity index (χ3n) is 5.03. The molecule has 0 radical (unpaired) electrons. The summed E-state index contributed by atoms with van der Waals surface area (Å²) in [5.74, 6) is -0.233. The smallest absolute Gasteiger partial charge is 0.319 e. The van der Waals surface area contributed by atoms with Crippen molar-refractivity contribution in [3.8, 4) is 0 Å². The summed E-state index contributed by atoms with van der Waals surface area (Å²) in [5.41, 5.74) is 2.35. The number of benzene rings is 2. The Labute approximate surface area is 137 Å². The Hall–Kier alpha value is -2.42. The van der Waals surface area contributed by atoms with E-state index in [1.54, 1.807) is 6.21 Å². The first kappa shape index (κ1) is 15.5. The molecule has 1 atom stereocenters. The van der Waals surface area contributed by atoms with Crippen molar-refractivity contribution in [2.75, 3.05) is 0 Å². The molecule has 3 nitrogen and oxygen atoms in total. The van der Waals surface area contributed by atoms with E-state index < -0.39 is 5.97 Å². The van der Waals surface area contributed by atoms with E-state index in [9.17, 15) is 4.79 Å². The van der Waals surface area contributed by atoms with Gasteiger partial charge in [0.25, 0.3) is 0 Å². The van der Waals surface area contributed by atoms with Gasteiger partial charge in [0, 0.05) is 24.5 Å². The van der Waals surface area contributed by atoms with E-state index in [0.29, 0.717) is 0 Å². The molecule has 0 aliphatic heterocycles. The SMILES string of the molecule is CC(=O)O/N=C/[C@H]1C(C)(C)C1(c1ccccc1)c1ccccc1. The van der Waals surface area contributed by atoms with E-state index in [4.69, 9.17) is 4.84 Å². The number of hydrogen-bond donors (Lipinski definition) is 0. The topological polar surface area (TPSA) is 38.7 Å². The maximum atomic E-state index is 11.0. The highest BCUT2D eigenvalue weighted by atomic mass is 16.7. The van der Waals surface area contributed by atoms with E-state index in [-0.39, 0.29) is 16.7 Å². The van der Waals surface area contributed by atoms with E-state index >= 15 is 0 Å². The summed E-state index contributed by atoms with van der Waals surface area (Å²) in [7, 11) is 0. The normalized spacial score (nSPS) is 21.1. The minimum Gasteiger partial charge on any atom is -0.319 e. The third kappa shape index (κ3) is 2.37. The van der Waals surface area contributed by atoms with Gasteiger partial charge in [0.1, 0.15) is 0 Å². The lowest BCUT2D eigenvalue weighted by molar-refractivity contribution is -0.140. The van der Waals surface area contributed by atoms with Crippen LogP contribution in [0.3, 0.4) is 0 Å². The molecule has 0 amide bonds. The average molecular weight is 307 g/mol. The lowest BCUT2D eigenvalue weighted by Crippen LogP contribution is -2.17. The Balaban J connectivity index is 2.08. The van der Waals surface area contributed by atoms with E-state index in [1.807, 2.05) is 12.1 Å². The minimum atomic E-state index is -0.398. The van der Waals surface area contributed by atoms with Gasteiger partial charge in [-0.3, -0.25) is 0 Å². The van der Waals surface area contributed by atoms with Gasteiger partial charge in [-0.15, -0.1) is 0 Å². The first-order chi connectivity index (χ1) is 11.0. The van der Waals surface area contributed by atoms with E-state index in [0.717, 1.165) is 0 Å². The Morgan fingerprint density at radius 1 is 1.00 bits per heavy atom. The maximum Gasteiger partial charge on any atom is 0.331 e. The third-order valence-corrected chi connectivity index (χ3v) is 5.03. The summed E-state index contributed by atoms with van der Waals surface area (Å²) < 4.78 is 0. The van der Waals surface area contributed by atoms with Crippen LogP contribution >= 0.6 is 0 Å². The molecular weight excluding hydrogens is 286 g/mol. The van der Waals surface area contributed by atoms with Crippen LogP contribution in [0, 0.1) is 11.3 Å². The number of oxime groups is 1. The summed E-state index contributed by atoms with van der Waals surface area (Å²) in [5, 5.41) is 3.90. The number of nitrogens with zero attached hydrogens (tertiary/aromatic N) is 1. The zero-order valence-corrected chi connectivity index (χ0v) is 13.7. The molecule has 0 saturated heterocycles. The van der Waals surface area contributed by atoms with Crippen LogP contribution in [0.25, 0.3) is 0 Å². The second-order valence-corrected chi connectivity index (χ2v) is 6.58. The van der Waals surface area contributed by atoms with Crippen molar-refractivity contribution in [3.63, 3.8) is 0 Å². The molecule has 2 aromatic rings. The van der Waals surface area contributed by atoms with Gasteiger partial charge in [-0.05, 0) is 16.5 Å². The molecule has 1 aliphatic carbocycles. The van der Waals surface area contributed by atoms with Gasteiger partial charge in [0.15, 0.2) is 0 Å². The molecule has 1 saturated carbocycles. The predicted molar refractivity (Wildman–Crippen MR) is 91.2 cm³/mol. The van der Waals surface area contributed by atoms with E-state index in [2.05, 4.69) is 67.5 Å². The molecule has 1 aliphatic rings. The van der Waals surface area contributed by atoms with Gasteiger partial charge in [-0.1, -0.05) is 79.7 Å². The summed E-state index contributed by atoms with van der Waals surface area (Å²) in [4.78, 5) is 15.8. The molecule has 0 heterocycles. The second kappa shape index (κ2) is 5.65. The summed E-state index contributed by atoms with van der Waals surface area (Å²) in [6.45, 7) is 5.83. The molecule has 1 fully saturated rings. The van der Waals surface area contributed by atoms with Crippen molar-refractivity contribution in [2.45, 2.75) is 26.2 Å². The van der Waals surface area contributed by atoms with Crippen LogP contribution in [0.5, 0.6) is 0 Å². The summed E-state index contributed by atoms with van der Waals surface area (Å²) in [6, 6.07) is 21.0. The highest BCUT2D eigenvalue weighted by Gasteiger charge is 2.71. The van der Waals surface area contributed by atoms with Crippen LogP contribution in [0.15, 0.2) is 65.8 Å². The highest BCUT2D eigenvalue weighted by molar-refractivity contribution is 5.77. The molecule has 0 spiro atoms. The fourth-order valence-electron chi connectivity index (χ4n) is 3.94. The van der Waals surface area contributed by atoms with Crippen molar-refractivity contribution >= 4 is 12.2 Å². The number of rotatable bonds is 4. The van der Waals surface area contributed by atoms with Gasteiger partial charge in [0.05, 0.1) is 0 Å². The van der Waals surface area contributed by atoms with Crippen LogP contribution in [-0.4, -0.2) is 12.2 Å². The summed E-state index contributed by atoms with van der Waals surface area (Å²) in [6.07, 6.45) is 1.78. The molecule has 23 heavy (non-hydrogen) atoms. The van der Waals surface area contributed by atoms with E-state index in [1.165, 1.54) is 18.1 Å².